The van der Waals surface area contributed by atoms with Crippen molar-refractivity contribution < 1.29 is 9.59 Å². The molecule has 1 aromatic carbocycles. The first-order valence-electron chi connectivity index (χ1n) is 6.26. The molecule has 1 aliphatic rings. The molecule has 0 spiro atoms. The number of amides is 1. The molecular formula is C15H12ClNO2S. The van der Waals surface area contributed by atoms with Crippen LogP contribution in [0, 0.1) is 0 Å². The fraction of sp³-hybridized carbons (Fsp3) is 0.200. The number of ketones is 1. The molecule has 0 fully saturated rings. The summed E-state index contributed by atoms with van der Waals surface area (Å²) in [5, 5.41) is 0. The Balaban J connectivity index is 1.97. The molecule has 2 aromatic rings. The van der Waals surface area contributed by atoms with Crippen LogP contribution >= 0.6 is 22.9 Å². The van der Waals surface area contributed by atoms with Crippen LogP contribution in [0.25, 0.3) is 0 Å². The Kier molecular flexibility index (Phi) is 3.36. The molecule has 3 rings (SSSR count). The van der Waals surface area contributed by atoms with E-state index in [2.05, 4.69) is 0 Å². The summed E-state index contributed by atoms with van der Waals surface area (Å²) in [4.78, 5) is 26.3. The highest BCUT2D eigenvalue weighted by Gasteiger charge is 2.22. The lowest BCUT2D eigenvalue weighted by Crippen LogP contribution is -2.31. The summed E-state index contributed by atoms with van der Waals surface area (Å²) in [5.74, 6) is 0.0888. The highest BCUT2D eigenvalue weighted by Crippen LogP contribution is 2.29. The second-order valence-corrected chi connectivity index (χ2v) is 6.44. The van der Waals surface area contributed by atoms with Crippen LogP contribution < -0.4 is 4.90 Å². The number of thiophene rings is 1. The van der Waals surface area contributed by atoms with Crippen LogP contribution in [0.1, 0.15) is 27.2 Å². The Labute approximate surface area is 125 Å². The molecule has 102 valence electrons. The molecule has 5 heteroatoms. The van der Waals surface area contributed by atoms with Gasteiger partial charge in [0.15, 0.2) is 0 Å². The SMILES string of the molecule is CN1C(=O)CCc2cc(C(=O)c3ccc(Cl)s3)ccc21. The van der Waals surface area contributed by atoms with Crippen LogP contribution in [0.15, 0.2) is 30.3 Å². The summed E-state index contributed by atoms with van der Waals surface area (Å²) < 4.78 is 0.608. The Morgan fingerprint density at radius 3 is 2.75 bits per heavy atom. The summed E-state index contributed by atoms with van der Waals surface area (Å²) in [6, 6.07) is 8.96. The van der Waals surface area contributed by atoms with Crippen molar-refractivity contribution in [1.29, 1.82) is 0 Å². The molecule has 0 bridgehead atoms. The first kappa shape index (κ1) is 13.3. The Bertz CT molecular complexity index is 708. The van der Waals surface area contributed by atoms with Gasteiger partial charge in [-0.1, -0.05) is 11.6 Å². The molecule has 20 heavy (non-hydrogen) atoms. The summed E-state index contributed by atoms with van der Waals surface area (Å²) in [5.41, 5.74) is 2.58. The molecule has 0 atom stereocenters. The lowest BCUT2D eigenvalue weighted by atomic mass is 9.97. The van der Waals surface area contributed by atoms with Crippen molar-refractivity contribution in [2.45, 2.75) is 12.8 Å². The topological polar surface area (TPSA) is 37.4 Å². The number of hydrogen-bond donors (Lipinski definition) is 0. The number of halogens is 1. The van der Waals surface area contributed by atoms with E-state index in [0.29, 0.717) is 27.6 Å². The van der Waals surface area contributed by atoms with Crippen molar-refractivity contribution in [3.63, 3.8) is 0 Å². The van der Waals surface area contributed by atoms with Gasteiger partial charge in [0.25, 0.3) is 0 Å². The minimum absolute atomic E-state index is 0.0238. The molecule has 0 saturated heterocycles. The third-order valence-corrected chi connectivity index (χ3v) is 4.71. The molecule has 1 aromatic heterocycles. The molecular weight excluding hydrogens is 294 g/mol. The van der Waals surface area contributed by atoms with Gasteiger partial charge in [-0.3, -0.25) is 9.59 Å². The lowest BCUT2D eigenvalue weighted by Gasteiger charge is -2.25. The first-order chi connectivity index (χ1) is 9.56. The van der Waals surface area contributed by atoms with E-state index in [9.17, 15) is 9.59 Å². The molecule has 0 unspecified atom stereocenters. The second kappa shape index (κ2) is 5.04. The number of benzene rings is 1. The average Bonchev–Trinajstić information content (AvgIpc) is 2.88. The van der Waals surface area contributed by atoms with E-state index in [0.717, 1.165) is 11.3 Å². The van der Waals surface area contributed by atoms with E-state index in [1.54, 1.807) is 30.1 Å². The summed E-state index contributed by atoms with van der Waals surface area (Å²) in [7, 11) is 1.76. The van der Waals surface area contributed by atoms with Crippen LogP contribution in [-0.2, 0) is 11.2 Å². The monoisotopic (exact) mass is 305 g/mol. The predicted octanol–water partition coefficient (Wildman–Crippen LogP) is 3.54. The normalized spacial score (nSPS) is 14.3. The zero-order valence-electron chi connectivity index (χ0n) is 10.9. The average molecular weight is 306 g/mol. The zero-order valence-corrected chi connectivity index (χ0v) is 12.4. The quantitative estimate of drug-likeness (QED) is 0.796. The van der Waals surface area contributed by atoms with E-state index in [-0.39, 0.29) is 11.7 Å². The fourth-order valence-electron chi connectivity index (χ4n) is 2.38. The number of aryl methyl sites for hydroxylation is 1. The number of rotatable bonds is 2. The van der Waals surface area contributed by atoms with E-state index in [1.807, 2.05) is 12.1 Å². The smallest absolute Gasteiger partial charge is 0.227 e. The van der Waals surface area contributed by atoms with Crippen molar-refractivity contribution in [2.24, 2.45) is 0 Å². The van der Waals surface area contributed by atoms with Gasteiger partial charge in [0.1, 0.15) is 0 Å². The number of carbonyl (C=O) groups is 2. The van der Waals surface area contributed by atoms with Crippen molar-refractivity contribution in [3.8, 4) is 0 Å². The van der Waals surface area contributed by atoms with Crippen molar-refractivity contribution in [2.75, 3.05) is 11.9 Å². The van der Waals surface area contributed by atoms with E-state index >= 15 is 0 Å². The maximum atomic E-state index is 12.4. The summed E-state index contributed by atoms with van der Waals surface area (Å²) >= 11 is 7.14. The molecule has 0 aliphatic carbocycles. The van der Waals surface area contributed by atoms with Crippen LogP contribution in [0.5, 0.6) is 0 Å². The van der Waals surface area contributed by atoms with Crippen LogP contribution in [0.2, 0.25) is 4.34 Å². The van der Waals surface area contributed by atoms with Gasteiger partial charge in [-0.15, -0.1) is 11.3 Å². The predicted molar refractivity (Wildman–Crippen MR) is 80.9 cm³/mol. The number of nitrogens with zero attached hydrogens (tertiary/aromatic N) is 1. The third kappa shape index (κ3) is 2.25. The van der Waals surface area contributed by atoms with Crippen molar-refractivity contribution >= 4 is 40.3 Å². The van der Waals surface area contributed by atoms with Gasteiger partial charge in [-0.25, -0.2) is 0 Å². The molecule has 3 nitrogen and oxygen atoms in total. The van der Waals surface area contributed by atoms with Gasteiger partial charge >= 0.3 is 0 Å². The standard InChI is InChI=1S/C15H12ClNO2S/c1-17-11-4-2-10(8-9(11)3-7-14(17)18)15(19)12-5-6-13(16)20-12/h2,4-6,8H,3,7H2,1H3. The van der Waals surface area contributed by atoms with E-state index < -0.39 is 0 Å². The Morgan fingerprint density at radius 2 is 2.05 bits per heavy atom. The van der Waals surface area contributed by atoms with Crippen molar-refractivity contribution in [3.05, 3.63) is 50.7 Å². The highest BCUT2D eigenvalue weighted by atomic mass is 35.5. The van der Waals surface area contributed by atoms with Gasteiger partial charge in [-0.2, -0.15) is 0 Å². The molecule has 0 saturated carbocycles. The second-order valence-electron chi connectivity index (χ2n) is 4.73. The van der Waals surface area contributed by atoms with Gasteiger partial charge in [0.05, 0.1) is 9.21 Å². The van der Waals surface area contributed by atoms with Gasteiger partial charge in [0, 0.05) is 24.7 Å². The molecule has 2 heterocycles. The lowest BCUT2D eigenvalue weighted by molar-refractivity contribution is -0.118. The molecule has 1 amide bonds. The van der Waals surface area contributed by atoms with E-state index in [1.165, 1.54) is 11.3 Å². The largest absolute Gasteiger partial charge is 0.315 e. The number of fused-ring (bicyclic) bond motifs is 1. The Morgan fingerprint density at radius 1 is 1.25 bits per heavy atom. The summed E-state index contributed by atoms with van der Waals surface area (Å²) in [6.07, 6.45) is 1.18. The minimum Gasteiger partial charge on any atom is -0.315 e. The van der Waals surface area contributed by atoms with Gasteiger partial charge in [0.2, 0.25) is 11.7 Å². The van der Waals surface area contributed by atoms with E-state index in [4.69, 9.17) is 11.6 Å². The summed E-state index contributed by atoms with van der Waals surface area (Å²) in [6.45, 7) is 0. The number of carbonyl (C=O) groups excluding carboxylic acids is 2. The van der Waals surface area contributed by atoms with Gasteiger partial charge in [-0.05, 0) is 42.3 Å². The van der Waals surface area contributed by atoms with Crippen molar-refractivity contribution in [1.82, 2.24) is 0 Å². The highest BCUT2D eigenvalue weighted by molar-refractivity contribution is 7.18. The maximum Gasteiger partial charge on any atom is 0.227 e. The number of hydrogen-bond acceptors (Lipinski definition) is 3. The maximum absolute atomic E-state index is 12.4. The molecule has 0 N–H and O–H groups in total. The van der Waals surface area contributed by atoms with Crippen LogP contribution in [0.4, 0.5) is 5.69 Å². The molecule has 1 aliphatic heterocycles. The van der Waals surface area contributed by atoms with Crippen LogP contribution in [0.3, 0.4) is 0 Å². The Hall–Kier alpha value is -1.65. The number of anilines is 1. The first-order valence-corrected chi connectivity index (χ1v) is 7.45. The van der Waals surface area contributed by atoms with Gasteiger partial charge < -0.3 is 4.90 Å². The third-order valence-electron chi connectivity index (χ3n) is 3.48. The zero-order chi connectivity index (χ0) is 14.3. The fourth-order valence-corrected chi connectivity index (χ4v) is 3.38. The van der Waals surface area contributed by atoms with Crippen LogP contribution in [-0.4, -0.2) is 18.7 Å². The molecule has 0 radical (unpaired) electrons. The minimum atomic E-state index is -0.0238.